The highest BCUT2D eigenvalue weighted by Gasteiger charge is 2.41. The Hall–Kier alpha value is -2.77. The zero-order valence-electron chi connectivity index (χ0n) is 17.3. The molecule has 0 aliphatic carbocycles. The van der Waals surface area contributed by atoms with Gasteiger partial charge in [0.15, 0.2) is 6.10 Å². The first-order chi connectivity index (χ1) is 14.8. The Balaban J connectivity index is 1.12. The van der Waals surface area contributed by atoms with Crippen LogP contribution in [0.15, 0.2) is 53.3 Å². The Bertz CT molecular complexity index is 938. The number of piperazine rings is 1. The van der Waals surface area contributed by atoms with Crippen LogP contribution in [0.3, 0.4) is 0 Å². The third-order valence-corrected chi connectivity index (χ3v) is 6.04. The minimum Gasteiger partial charge on any atom is -0.475 e. The molecule has 2 aromatic rings. The van der Waals surface area contributed by atoms with Gasteiger partial charge in [-0.2, -0.15) is 5.10 Å². The van der Waals surface area contributed by atoms with E-state index >= 15 is 0 Å². The van der Waals surface area contributed by atoms with Gasteiger partial charge in [-0.05, 0) is 18.6 Å². The van der Waals surface area contributed by atoms with Gasteiger partial charge in [-0.25, -0.2) is 0 Å². The second-order valence-corrected chi connectivity index (χ2v) is 8.27. The number of fused-ring (bicyclic) bond motifs is 3. The van der Waals surface area contributed by atoms with Crippen LogP contribution in [0.5, 0.6) is 5.88 Å². The van der Waals surface area contributed by atoms with Gasteiger partial charge in [0.05, 0.1) is 17.7 Å². The lowest BCUT2D eigenvalue weighted by atomic mass is 9.91. The molecule has 2 atom stereocenters. The Labute approximate surface area is 177 Å². The first kappa shape index (κ1) is 19.2. The fraction of sp³-hybridized carbons (Fsp3) is 0.435. The van der Waals surface area contributed by atoms with Crippen LogP contribution in [0.4, 0.5) is 0 Å². The lowest BCUT2D eigenvalue weighted by molar-refractivity contribution is 0.00969. The zero-order valence-corrected chi connectivity index (χ0v) is 17.3. The van der Waals surface area contributed by atoms with Crippen LogP contribution >= 0.6 is 0 Å². The van der Waals surface area contributed by atoms with Crippen molar-refractivity contribution in [3.05, 3.63) is 59.3 Å². The fourth-order valence-electron chi connectivity index (χ4n) is 4.44. The molecule has 7 nitrogen and oxygen atoms in total. The number of nitrogens with zero attached hydrogens (tertiary/aromatic N) is 5. The summed E-state index contributed by atoms with van der Waals surface area (Å²) in [5.41, 5.74) is 4.53. The maximum Gasteiger partial charge on any atom is 0.242 e. The molecule has 0 bridgehead atoms. The molecule has 0 spiro atoms. The van der Waals surface area contributed by atoms with E-state index in [1.165, 1.54) is 11.1 Å². The Morgan fingerprint density at radius 3 is 2.73 bits per heavy atom. The standard InChI is InChI=1S/C23H27N5O2/c1-17(13-18-5-3-2-4-6-18)14-27-9-11-28(12-10-27)15-21-20-16-29-23-19(7-8-24-25-23)22(20)26-30-21/h2-8,13,20-21H,9-12,14-16H2,1H3. The summed E-state index contributed by atoms with van der Waals surface area (Å²) in [6.45, 7) is 8.90. The number of ether oxygens (including phenoxy) is 1. The van der Waals surface area contributed by atoms with Crippen molar-refractivity contribution in [1.29, 1.82) is 0 Å². The average molecular weight is 406 g/mol. The maximum atomic E-state index is 5.81. The van der Waals surface area contributed by atoms with Gasteiger partial charge in [-0.3, -0.25) is 9.80 Å². The summed E-state index contributed by atoms with van der Waals surface area (Å²) < 4.78 is 5.80. The van der Waals surface area contributed by atoms with E-state index in [1.807, 2.05) is 6.07 Å². The van der Waals surface area contributed by atoms with E-state index in [-0.39, 0.29) is 12.0 Å². The Kier molecular flexibility index (Phi) is 5.46. The monoisotopic (exact) mass is 405 g/mol. The van der Waals surface area contributed by atoms with Gasteiger partial charge in [0, 0.05) is 39.3 Å². The number of aromatic nitrogens is 2. The van der Waals surface area contributed by atoms with E-state index < -0.39 is 0 Å². The predicted octanol–water partition coefficient (Wildman–Crippen LogP) is 2.31. The average Bonchev–Trinajstić information content (AvgIpc) is 3.19. The van der Waals surface area contributed by atoms with Crippen molar-refractivity contribution < 1.29 is 9.57 Å². The first-order valence-electron chi connectivity index (χ1n) is 10.6. The molecular formula is C23H27N5O2. The van der Waals surface area contributed by atoms with Crippen LogP contribution in [0.25, 0.3) is 6.08 Å². The van der Waals surface area contributed by atoms with Gasteiger partial charge < -0.3 is 9.57 Å². The van der Waals surface area contributed by atoms with Gasteiger partial charge in [0.25, 0.3) is 0 Å². The number of oxime groups is 1. The third-order valence-electron chi connectivity index (χ3n) is 6.04. The molecule has 7 heteroatoms. The molecule has 0 radical (unpaired) electrons. The Morgan fingerprint density at radius 2 is 1.90 bits per heavy atom. The molecule has 1 fully saturated rings. The van der Waals surface area contributed by atoms with Gasteiger partial charge >= 0.3 is 0 Å². The third kappa shape index (κ3) is 4.08. The number of hydrogen-bond donors (Lipinski definition) is 0. The predicted molar refractivity (Wildman–Crippen MR) is 115 cm³/mol. The van der Waals surface area contributed by atoms with Crippen LogP contribution in [-0.4, -0.2) is 77.7 Å². The number of hydrogen-bond acceptors (Lipinski definition) is 7. The number of rotatable bonds is 5. The van der Waals surface area contributed by atoms with Crippen LogP contribution < -0.4 is 4.74 Å². The van der Waals surface area contributed by atoms with Gasteiger partial charge in [0.1, 0.15) is 12.3 Å². The molecule has 0 N–H and O–H groups in total. The van der Waals surface area contributed by atoms with Gasteiger partial charge in [-0.15, -0.1) is 5.10 Å². The maximum absolute atomic E-state index is 5.81. The molecule has 0 amide bonds. The van der Waals surface area contributed by atoms with Crippen LogP contribution in [0.2, 0.25) is 0 Å². The molecule has 30 heavy (non-hydrogen) atoms. The van der Waals surface area contributed by atoms with E-state index in [1.54, 1.807) is 6.20 Å². The summed E-state index contributed by atoms with van der Waals surface area (Å²) in [6.07, 6.45) is 3.99. The van der Waals surface area contributed by atoms with Crippen molar-refractivity contribution in [3.63, 3.8) is 0 Å². The summed E-state index contributed by atoms with van der Waals surface area (Å²) >= 11 is 0. The topological polar surface area (TPSA) is 63.1 Å². The molecular weight excluding hydrogens is 378 g/mol. The molecule has 2 unspecified atom stereocenters. The molecule has 0 saturated carbocycles. The normalized spacial score (nSPS) is 24.4. The van der Waals surface area contributed by atoms with Crippen molar-refractivity contribution in [1.82, 2.24) is 20.0 Å². The van der Waals surface area contributed by atoms with Gasteiger partial charge in [0.2, 0.25) is 5.88 Å². The highest BCUT2D eigenvalue weighted by Crippen LogP contribution is 2.32. The molecule has 4 heterocycles. The summed E-state index contributed by atoms with van der Waals surface area (Å²) in [6, 6.07) is 12.4. The van der Waals surface area contributed by atoms with Crippen LogP contribution in [0.1, 0.15) is 18.1 Å². The minimum atomic E-state index is 0.0348. The zero-order chi connectivity index (χ0) is 20.3. The highest BCUT2D eigenvalue weighted by atomic mass is 16.6. The summed E-state index contributed by atoms with van der Waals surface area (Å²) in [4.78, 5) is 10.8. The van der Waals surface area contributed by atoms with Crippen molar-refractivity contribution in [2.45, 2.75) is 13.0 Å². The lowest BCUT2D eigenvalue weighted by Gasteiger charge is -2.36. The number of benzene rings is 1. The Morgan fingerprint density at radius 1 is 1.10 bits per heavy atom. The molecule has 156 valence electrons. The molecule has 1 saturated heterocycles. The second kappa shape index (κ2) is 8.53. The van der Waals surface area contributed by atoms with Crippen molar-refractivity contribution in [2.24, 2.45) is 11.1 Å². The molecule has 5 rings (SSSR count). The van der Waals surface area contributed by atoms with Gasteiger partial charge in [-0.1, -0.05) is 47.1 Å². The van der Waals surface area contributed by atoms with E-state index in [0.29, 0.717) is 12.5 Å². The van der Waals surface area contributed by atoms with E-state index in [0.717, 1.165) is 50.5 Å². The minimum absolute atomic E-state index is 0.0348. The summed E-state index contributed by atoms with van der Waals surface area (Å²) in [5, 5.41) is 12.3. The van der Waals surface area contributed by atoms with Crippen molar-refractivity contribution in [2.75, 3.05) is 45.9 Å². The first-order valence-corrected chi connectivity index (χ1v) is 10.6. The molecule has 1 aromatic carbocycles. The van der Waals surface area contributed by atoms with Crippen LogP contribution in [0, 0.1) is 5.92 Å². The molecule has 1 aromatic heterocycles. The molecule has 3 aliphatic rings. The van der Waals surface area contributed by atoms with E-state index in [4.69, 9.17) is 9.57 Å². The van der Waals surface area contributed by atoms with Crippen LogP contribution in [-0.2, 0) is 4.84 Å². The smallest absolute Gasteiger partial charge is 0.242 e. The molecule has 3 aliphatic heterocycles. The largest absolute Gasteiger partial charge is 0.475 e. The fourth-order valence-corrected chi connectivity index (χ4v) is 4.44. The SMILES string of the molecule is CC(=Cc1ccccc1)CN1CCN(CC2ON=C3c4ccnnc4OCC32)CC1. The van der Waals surface area contributed by atoms with E-state index in [9.17, 15) is 0 Å². The quantitative estimate of drug-likeness (QED) is 0.761. The lowest BCUT2D eigenvalue weighted by Crippen LogP contribution is -2.50. The highest BCUT2D eigenvalue weighted by molar-refractivity contribution is 6.05. The van der Waals surface area contributed by atoms with E-state index in [2.05, 4.69) is 68.5 Å². The summed E-state index contributed by atoms with van der Waals surface area (Å²) in [5.74, 6) is 0.722. The summed E-state index contributed by atoms with van der Waals surface area (Å²) in [7, 11) is 0. The van der Waals surface area contributed by atoms with Crippen molar-refractivity contribution in [3.8, 4) is 5.88 Å². The van der Waals surface area contributed by atoms with Crippen molar-refractivity contribution >= 4 is 11.8 Å². The second-order valence-electron chi connectivity index (χ2n) is 8.27.